The van der Waals surface area contributed by atoms with E-state index in [-0.39, 0.29) is 11.6 Å². The Balaban J connectivity index is 1.39. The lowest BCUT2D eigenvalue weighted by Crippen LogP contribution is -2.33. The molecule has 4 heteroatoms. The molecule has 0 amide bonds. The van der Waals surface area contributed by atoms with Gasteiger partial charge in [0.2, 0.25) is 0 Å². The molecule has 4 atom stereocenters. The Morgan fingerprint density at radius 2 is 1.76 bits per heavy atom. The normalized spacial score (nSPS) is 24.4. The van der Waals surface area contributed by atoms with Crippen molar-refractivity contribution in [1.82, 2.24) is 0 Å². The van der Waals surface area contributed by atoms with Crippen LogP contribution in [0.3, 0.4) is 0 Å². The number of hydrogen-bond donors (Lipinski definition) is 0. The lowest BCUT2D eigenvalue weighted by Gasteiger charge is -2.42. The zero-order chi connectivity index (χ0) is 23.9. The number of benzene rings is 2. The second-order valence-corrected chi connectivity index (χ2v) is 9.44. The van der Waals surface area contributed by atoms with Gasteiger partial charge in [0.05, 0.1) is 11.7 Å². The van der Waals surface area contributed by atoms with Crippen LogP contribution in [0.5, 0.6) is 5.75 Å². The van der Waals surface area contributed by atoms with Crippen LogP contribution in [0.15, 0.2) is 48.6 Å². The number of ether oxygens (including phenoxy) is 2. The van der Waals surface area contributed by atoms with Gasteiger partial charge in [0.1, 0.15) is 12.4 Å². The average molecular weight is 465 g/mol. The lowest BCUT2D eigenvalue weighted by atomic mass is 9.65. The molecule has 0 heterocycles. The monoisotopic (exact) mass is 464 g/mol. The van der Waals surface area contributed by atoms with Gasteiger partial charge in [-0.1, -0.05) is 30.1 Å². The molecule has 0 spiro atoms. The molecule has 0 aromatic heterocycles. The highest BCUT2D eigenvalue weighted by atomic mass is 19.1. The maximum Gasteiger partial charge on any atom is 0.166 e. The zero-order valence-electron chi connectivity index (χ0n) is 20.2. The van der Waals surface area contributed by atoms with Gasteiger partial charge in [0, 0.05) is 12.2 Å². The molecule has 0 N–H and O–H groups in total. The van der Waals surface area contributed by atoms with E-state index in [9.17, 15) is 8.78 Å². The van der Waals surface area contributed by atoms with Crippen molar-refractivity contribution in [1.29, 1.82) is 0 Å². The van der Waals surface area contributed by atoms with Crippen LogP contribution in [-0.4, -0.2) is 19.3 Å². The smallest absolute Gasteiger partial charge is 0.166 e. The van der Waals surface area contributed by atoms with Gasteiger partial charge in [-0.25, -0.2) is 8.78 Å². The summed E-state index contributed by atoms with van der Waals surface area (Å²) in [4.78, 5) is 0. The molecule has 34 heavy (non-hydrogen) atoms. The summed E-state index contributed by atoms with van der Waals surface area (Å²) in [6.45, 7) is 5.06. The fourth-order valence-electron chi connectivity index (χ4n) is 5.49. The quantitative estimate of drug-likeness (QED) is 0.327. The Bertz CT molecular complexity index is 1070. The molecule has 2 nitrogen and oxygen atoms in total. The molecular weight excluding hydrogens is 430 g/mol. The van der Waals surface area contributed by atoms with Crippen molar-refractivity contribution in [2.45, 2.75) is 64.4 Å². The third kappa shape index (κ3) is 6.07. The van der Waals surface area contributed by atoms with Crippen LogP contribution in [0, 0.1) is 35.3 Å². The van der Waals surface area contributed by atoms with Crippen molar-refractivity contribution in [2.75, 3.05) is 13.2 Å². The van der Waals surface area contributed by atoms with Crippen LogP contribution >= 0.6 is 0 Å². The number of hydrogen-bond acceptors (Lipinski definition) is 2. The third-order valence-electron chi connectivity index (χ3n) is 7.28. The van der Waals surface area contributed by atoms with E-state index in [2.05, 4.69) is 18.8 Å². The molecule has 2 aromatic rings. The first-order valence-electron chi connectivity index (χ1n) is 12.5. The summed E-state index contributed by atoms with van der Waals surface area (Å²) >= 11 is 0. The van der Waals surface area contributed by atoms with Crippen LogP contribution in [0.25, 0.3) is 0 Å². The second kappa shape index (κ2) is 11.7. The molecule has 2 fully saturated rings. The van der Waals surface area contributed by atoms with Crippen molar-refractivity contribution in [3.05, 3.63) is 76.9 Å². The van der Waals surface area contributed by atoms with E-state index in [1.54, 1.807) is 30.3 Å². The van der Waals surface area contributed by atoms with E-state index in [1.165, 1.54) is 25.3 Å². The van der Waals surface area contributed by atoms with Gasteiger partial charge in [0.15, 0.2) is 11.6 Å². The van der Waals surface area contributed by atoms with Crippen LogP contribution in [-0.2, 0) is 4.74 Å². The summed E-state index contributed by atoms with van der Waals surface area (Å²) < 4.78 is 40.3. The highest BCUT2D eigenvalue weighted by Crippen LogP contribution is 2.46. The molecule has 0 bridgehead atoms. The Morgan fingerprint density at radius 3 is 2.53 bits per heavy atom. The van der Waals surface area contributed by atoms with Gasteiger partial charge < -0.3 is 9.47 Å². The lowest BCUT2D eigenvalue weighted by molar-refractivity contribution is -0.00956. The summed E-state index contributed by atoms with van der Waals surface area (Å²) in [5, 5.41) is 0. The fraction of sp³-hybridized carbons (Fsp3) is 0.467. The van der Waals surface area contributed by atoms with E-state index < -0.39 is 5.82 Å². The third-order valence-corrected chi connectivity index (χ3v) is 7.28. The Morgan fingerprint density at radius 1 is 0.941 bits per heavy atom. The molecule has 2 aliphatic rings. The van der Waals surface area contributed by atoms with Crippen LogP contribution in [0.1, 0.15) is 75.0 Å². The SMILES string of the molecule is C/C=C/COc1ccc(C#Cc2ccc(C3CCC4CC(OCC)CCC4C3)cc2F)cc1F. The van der Waals surface area contributed by atoms with Crippen LogP contribution in [0.2, 0.25) is 0 Å². The van der Waals surface area contributed by atoms with E-state index in [1.807, 2.05) is 19.1 Å². The molecule has 4 unspecified atom stereocenters. The molecule has 180 valence electrons. The predicted octanol–water partition coefficient (Wildman–Crippen LogP) is 7.41. The van der Waals surface area contributed by atoms with Gasteiger partial charge in [-0.15, -0.1) is 0 Å². The summed E-state index contributed by atoms with van der Waals surface area (Å²) in [5.41, 5.74) is 1.89. The molecular formula is C30H34F2O2. The number of rotatable bonds is 6. The minimum absolute atomic E-state index is 0.181. The van der Waals surface area contributed by atoms with E-state index in [0.717, 1.165) is 43.3 Å². The van der Waals surface area contributed by atoms with Crippen molar-refractivity contribution >= 4 is 0 Å². The highest BCUT2D eigenvalue weighted by Gasteiger charge is 2.36. The van der Waals surface area contributed by atoms with Crippen molar-refractivity contribution in [3.63, 3.8) is 0 Å². The minimum atomic E-state index is -0.474. The maximum atomic E-state index is 14.9. The molecule has 4 rings (SSSR count). The summed E-state index contributed by atoms with van der Waals surface area (Å²) in [6, 6.07) is 10.00. The van der Waals surface area contributed by atoms with Gasteiger partial charge in [-0.3, -0.25) is 0 Å². The first-order valence-corrected chi connectivity index (χ1v) is 12.5. The Kier molecular flexibility index (Phi) is 8.40. The topological polar surface area (TPSA) is 18.5 Å². The van der Waals surface area contributed by atoms with Crippen molar-refractivity contribution in [3.8, 4) is 17.6 Å². The fourth-order valence-corrected chi connectivity index (χ4v) is 5.49. The summed E-state index contributed by atoms with van der Waals surface area (Å²) in [6.07, 6.45) is 11.0. The van der Waals surface area contributed by atoms with Crippen LogP contribution in [0.4, 0.5) is 8.78 Å². The molecule has 2 aliphatic carbocycles. The second-order valence-electron chi connectivity index (χ2n) is 9.44. The molecule has 0 aliphatic heterocycles. The standard InChI is InChI=1S/C30H34F2O2/c1-3-5-16-34-30-15-7-21(17-29(30)32)6-8-22-9-10-26(20-28(22)31)23-11-12-25-19-27(33-4-2)14-13-24(25)18-23/h3,5,7,9-10,15,17,20,23-25,27H,4,11-14,16,18-19H2,1-2H3/b5-3+. The van der Waals surface area contributed by atoms with Crippen molar-refractivity contribution in [2.24, 2.45) is 11.8 Å². The number of halogens is 2. The molecule has 0 saturated heterocycles. The maximum absolute atomic E-state index is 14.9. The van der Waals surface area contributed by atoms with Gasteiger partial charge in [-0.05, 0) is 106 Å². The Labute approximate surface area is 202 Å². The summed E-state index contributed by atoms with van der Waals surface area (Å²) in [5.74, 6) is 7.01. The number of allylic oxidation sites excluding steroid dienone is 1. The molecule has 2 saturated carbocycles. The zero-order valence-corrected chi connectivity index (χ0v) is 20.2. The largest absolute Gasteiger partial charge is 0.486 e. The average Bonchev–Trinajstić information content (AvgIpc) is 2.84. The van der Waals surface area contributed by atoms with Crippen molar-refractivity contribution < 1.29 is 18.3 Å². The van der Waals surface area contributed by atoms with Gasteiger partial charge in [-0.2, -0.15) is 0 Å². The van der Waals surface area contributed by atoms with Gasteiger partial charge in [0.25, 0.3) is 0 Å². The summed E-state index contributed by atoms with van der Waals surface area (Å²) in [7, 11) is 0. The molecule has 0 radical (unpaired) electrons. The predicted molar refractivity (Wildman–Crippen MR) is 132 cm³/mol. The van der Waals surface area contributed by atoms with E-state index in [4.69, 9.17) is 9.47 Å². The Hall–Kier alpha value is -2.64. The highest BCUT2D eigenvalue weighted by molar-refractivity contribution is 5.46. The van der Waals surface area contributed by atoms with Crippen LogP contribution < -0.4 is 4.74 Å². The minimum Gasteiger partial charge on any atom is -0.486 e. The first kappa shape index (κ1) is 24.5. The van der Waals surface area contributed by atoms with Gasteiger partial charge >= 0.3 is 0 Å². The number of fused-ring (bicyclic) bond motifs is 1. The van der Waals surface area contributed by atoms with E-state index in [0.29, 0.717) is 29.8 Å². The van der Waals surface area contributed by atoms with E-state index >= 15 is 0 Å². The molecule has 2 aromatic carbocycles. The first-order chi connectivity index (χ1) is 16.6.